The van der Waals surface area contributed by atoms with E-state index in [4.69, 9.17) is 4.74 Å². The molecule has 1 saturated heterocycles. The summed E-state index contributed by atoms with van der Waals surface area (Å²) in [5.74, 6) is -1.39. The second-order valence-electron chi connectivity index (χ2n) is 6.42. The van der Waals surface area contributed by atoms with Gasteiger partial charge in [-0.15, -0.1) is 0 Å². The average molecular weight is 386 g/mol. The largest absolute Gasteiger partial charge is 0.466 e. The number of nitrogens with zero attached hydrogens (tertiary/aromatic N) is 3. The quantitative estimate of drug-likeness (QED) is 0.741. The summed E-state index contributed by atoms with van der Waals surface area (Å²) in [6.45, 7) is 3.96. The molecule has 0 aromatic carbocycles. The summed E-state index contributed by atoms with van der Waals surface area (Å²) in [4.78, 5) is 55.3. The highest BCUT2D eigenvalue weighted by molar-refractivity contribution is 5.99. The topological polar surface area (TPSA) is 111 Å². The molecule has 0 spiro atoms. The second-order valence-corrected chi connectivity index (χ2v) is 6.42. The maximum atomic E-state index is 13.2. The molecule has 2 aromatic rings. The van der Waals surface area contributed by atoms with Gasteiger partial charge < -0.3 is 15.0 Å². The van der Waals surface area contributed by atoms with Gasteiger partial charge in [-0.1, -0.05) is 0 Å². The van der Waals surface area contributed by atoms with Crippen molar-refractivity contribution in [1.82, 2.24) is 19.8 Å². The minimum Gasteiger partial charge on any atom is -0.466 e. The molecule has 3 rings (SSSR count). The molecular formula is C19H22N4O5. The molecule has 2 amide bonds. The predicted octanol–water partition coefficient (Wildman–Crippen LogP) is 0.310. The fourth-order valence-electron chi connectivity index (χ4n) is 3.32. The van der Waals surface area contributed by atoms with Gasteiger partial charge in [-0.2, -0.15) is 0 Å². The number of esters is 1. The first-order valence-electron chi connectivity index (χ1n) is 9.18. The summed E-state index contributed by atoms with van der Waals surface area (Å²) in [5, 5.41) is 3.30. The lowest BCUT2D eigenvalue weighted by Crippen LogP contribution is -2.57. The van der Waals surface area contributed by atoms with Gasteiger partial charge in [0.15, 0.2) is 0 Å². The number of pyridine rings is 2. The van der Waals surface area contributed by atoms with Crippen LogP contribution < -0.4 is 10.9 Å². The molecule has 0 bridgehead atoms. The van der Waals surface area contributed by atoms with E-state index in [-0.39, 0.29) is 37.6 Å². The van der Waals surface area contributed by atoms with E-state index >= 15 is 0 Å². The third-order valence-electron chi connectivity index (χ3n) is 4.65. The molecular weight excluding hydrogens is 364 g/mol. The summed E-state index contributed by atoms with van der Waals surface area (Å²) in [5.41, 5.74) is -0.0310. The third kappa shape index (κ3) is 3.73. The molecule has 148 valence electrons. The Kier molecular flexibility index (Phi) is 5.72. The van der Waals surface area contributed by atoms with Crippen LogP contribution in [0.3, 0.4) is 0 Å². The molecule has 0 saturated carbocycles. The van der Waals surface area contributed by atoms with Gasteiger partial charge in [-0.3, -0.25) is 23.7 Å². The molecule has 0 unspecified atom stereocenters. The molecule has 1 atom stereocenters. The zero-order valence-electron chi connectivity index (χ0n) is 15.8. The van der Waals surface area contributed by atoms with Crippen LogP contribution >= 0.6 is 0 Å². The van der Waals surface area contributed by atoms with Crippen LogP contribution in [0.5, 0.6) is 0 Å². The number of carbonyl (C=O) groups is 3. The van der Waals surface area contributed by atoms with E-state index in [1.54, 1.807) is 32.2 Å². The molecule has 28 heavy (non-hydrogen) atoms. The zero-order chi connectivity index (χ0) is 20.3. The summed E-state index contributed by atoms with van der Waals surface area (Å²) >= 11 is 0. The Morgan fingerprint density at radius 1 is 1.32 bits per heavy atom. The molecule has 0 aliphatic carbocycles. The Hall–Kier alpha value is -3.23. The molecule has 9 nitrogen and oxygen atoms in total. The van der Waals surface area contributed by atoms with Crippen molar-refractivity contribution >= 4 is 28.8 Å². The summed E-state index contributed by atoms with van der Waals surface area (Å²) in [6, 6.07) is 4.40. The number of ether oxygens (including phenoxy) is 1. The number of hydrogen-bond acceptors (Lipinski definition) is 6. The maximum Gasteiger partial charge on any atom is 0.307 e. The molecule has 9 heteroatoms. The first-order chi connectivity index (χ1) is 13.5. The third-order valence-corrected chi connectivity index (χ3v) is 4.65. The van der Waals surface area contributed by atoms with Crippen LogP contribution in [0.15, 0.2) is 29.2 Å². The van der Waals surface area contributed by atoms with Crippen LogP contribution in [-0.4, -0.2) is 58.0 Å². The van der Waals surface area contributed by atoms with Gasteiger partial charge in [0.25, 0.3) is 11.5 Å². The van der Waals surface area contributed by atoms with E-state index in [9.17, 15) is 19.2 Å². The van der Waals surface area contributed by atoms with E-state index in [2.05, 4.69) is 10.3 Å². The number of fused-ring (bicyclic) bond motifs is 1. The van der Waals surface area contributed by atoms with Crippen molar-refractivity contribution in [2.75, 3.05) is 19.7 Å². The lowest BCUT2D eigenvalue weighted by molar-refractivity contribution is -0.145. The highest BCUT2D eigenvalue weighted by atomic mass is 16.5. The minimum atomic E-state index is -0.581. The van der Waals surface area contributed by atoms with Crippen molar-refractivity contribution in [3.8, 4) is 0 Å². The zero-order valence-corrected chi connectivity index (χ0v) is 15.8. The van der Waals surface area contributed by atoms with Gasteiger partial charge in [0.05, 0.1) is 19.1 Å². The SMILES string of the molecule is CCOC(=O)C[C@@H]1CNC(=O)CN1C(=O)c1cc2cccnc2n(CC)c1=O. The number of amides is 2. The van der Waals surface area contributed by atoms with E-state index in [0.717, 1.165) is 0 Å². The standard InChI is InChI=1S/C19H22N4O5/c1-3-22-17-12(6-5-7-20-17)8-14(18(22)26)19(27)23-11-15(24)21-10-13(23)9-16(25)28-4-2/h5-8,13H,3-4,9-11H2,1-2H3,(H,21,24)/t13-/m1/s1. The van der Waals surface area contributed by atoms with Crippen LogP contribution in [0.25, 0.3) is 11.0 Å². The molecule has 1 aliphatic heterocycles. The number of aryl methyl sites for hydroxylation is 1. The van der Waals surface area contributed by atoms with Crippen LogP contribution in [-0.2, 0) is 20.9 Å². The predicted molar refractivity (Wildman–Crippen MR) is 101 cm³/mol. The van der Waals surface area contributed by atoms with Gasteiger partial charge in [0.2, 0.25) is 5.91 Å². The second kappa shape index (κ2) is 8.20. The fourth-order valence-corrected chi connectivity index (χ4v) is 3.32. The van der Waals surface area contributed by atoms with Crippen LogP contribution in [0.2, 0.25) is 0 Å². The van der Waals surface area contributed by atoms with Crippen molar-refractivity contribution in [1.29, 1.82) is 0 Å². The normalized spacial score (nSPS) is 16.7. The first kappa shape index (κ1) is 19.5. The number of aromatic nitrogens is 2. The summed E-state index contributed by atoms with van der Waals surface area (Å²) in [6.07, 6.45) is 1.52. The molecule has 1 N–H and O–H groups in total. The van der Waals surface area contributed by atoms with Crippen molar-refractivity contribution in [2.45, 2.75) is 32.9 Å². The van der Waals surface area contributed by atoms with E-state index in [0.29, 0.717) is 17.6 Å². The van der Waals surface area contributed by atoms with Gasteiger partial charge in [0, 0.05) is 24.7 Å². The summed E-state index contributed by atoms with van der Waals surface area (Å²) < 4.78 is 6.38. The summed E-state index contributed by atoms with van der Waals surface area (Å²) in [7, 11) is 0. The van der Waals surface area contributed by atoms with E-state index in [1.165, 1.54) is 15.5 Å². The number of nitrogens with one attached hydrogen (secondary N) is 1. The average Bonchev–Trinajstić information content (AvgIpc) is 2.68. The van der Waals surface area contributed by atoms with E-state index < -0.39 is 23.5 Å². The minimum absolute atomic E-state index is 0.0501. The van der Waals surface area contributed by atoms with Gasteiger partial charge in [-0.05, 0) is 32.0 Å². The highest BCUT2D eigenvalue weighted by Gasteiger charge is 2.34. The smallest absolute Gasteiger partial charge is 0.307 e. The van der Waals surface area contributed by atoms with Crippen molar-refractivity contribution in [3.05, 3.63) is 40.3 Å². The van der Waals surface area contributed by atoms with Crippen molar-refractivity contribution in [2.24, 2.45) is 0 Å². The van der Waals surface area contributed by atoms with Crippen molar-refractivity contribution in [3.63, 3.8) is 0 Å². The molecule has 0 radical (unpaired) electrons. The Labute approximate surface area is 161 Å². The van der Waals surface area contributed by atoms with Crippen LogP contribution in [0.1, 0.15) is 30.6 Å². The van der Waals surface area contributed by atoms with Gasteiger partial charge in [-0.25, -0.2) is 4.98 Å². The lowest BCUT2D eigenvalue weighted by Gasteiger charge is -2.35. The molecule has 1 aliphatic rings. The lowest BCUT2D eigenvalue weighted by atomic mass is 10.1. The monoisotopic (exact) mass is 386 g/mol. The number of rotatable bonds is 5. The van der Waals surface area contributed by atoms with E-state index in [1.807, 2.05) is 0 Å². The Morgan fingerprint density at radius 3 is 2.82 bits per heavy atom. The Morgan fingerprint density at radius 2 is 2.11 bits per heavy atom. The van der Waals surface area contributed by atoms with Gasteiger partial charge >= 0.3 is 5.97 Å². The Balaban J connectivity index is 2.00. The maximum absolute atomic E-state index is 13.2. The van der Waals surface area contributed by atoms with Crippen molar-refractivity contribution < 1.29 is 19.1 Å². The van der Waals surface area contributed by atoms with Crippen LogP contribution in [0, 0.1) is 0 Å². The number of piperazine rings is 1. The number of hydrogen-bond donors (Lipinski definition) is 1. The van der Waals surface area contributed by atoms with Gasteiger partial charge in [0.1, 0.15) is 17.8 Å². The number of carbonyl (C=O) groups excluding carboxylic acids is 3. The van der Waals surface area contributed by atoms with Crippen LogP contribution in [0.4, 0.5) is 0 Å². The molecule has 3 heterocycles. The highest BCUT2D eigenvalue weighted by Crippen LogP contribution is 2.16. The fraction of sp³-hybridized carbons (Fsp3) is 0.421. The first-order valence-corrected chi connectivity index (χ1v) is 9.18. The Bertz CT molecular complexity index is 984. The molecule has 2 aromatic heterocycles. The molecule has 1 fully saturated rings.